The van der Waals surface area contributed by atoms with Crippen LogP contribution in [-0.2, 0) is 27.8 Å². The maximum absolute atomic E-state index is 14.4. The third-order valence-corrected chi connectivity index (χ3v) is 9.65. The van der Waals surface area contributed by atoms with Crippen LogP contribution in [0.2, 0.25) is 0 Å². The van der Waals surface area contributed by atoms with Crippen LogP contribution in [0.3, 0.4) is 0 Å². The van der Waals surface area contributed by atoms with Gasteiger partial charge in [-0.3, -0.25) is 10.1 Å². The number of hydrogen-bond acceptors (Lipinski definition) is 7. The minimum Gasteiger partial charge on any atom is -0.473 e. The zero-order valence-corrected chi connectivity index (χ0v) is 22.5. The summed E-state index contributed by atoms with van der Waals surface area (Å²) in [6.45, 7) is 2.51. The number of piperidine rings is 1. The molecule has 12 heteroatoms. The standard InChI is InChI=1S/C26H28F2N4O4S2/c1-31-14-11-23-21(16-31)29-26(37-23)30-25(33)24(36-22-10-7-18(27)15-20(22)28)17-5-8-19(9-6-17)38(34,35)32-12-3-2-4-13-32/h5-10,15,24H,2-4,11-14,16H2,1H3,(H,29,30,33). The lowest BCUT2D eigenvalue weighted by molar-refractivity contribution is -0.123. The van der Waals surface area contributed by atoms with E-state index in [9.17, 15) is 22.0 Å². The van der Waals surface area contributed by atoms with E-state index in [1.165, 1.54) is 39.9 Å². The van der Waals surface area contributed by atoms with E-state index in [-0.39, 0.29) is 10.6 Å². The number of nitrogens with one attached hydrogen (secondary N) is 1. The first kappa shape index (κ1) is 26.7. The molecule has 0 bridgehead atoms. The molecule has 202 valence electrons. The predicted molar refractivity (Wildman–Crippen MR) is 140 cm³/mol. The van der Waals surface area contributed by atoms with Gasteiger partial charge in [0.2, 0.25) is 16.1 Å². The minimum absolute atomic E-state index is 0.104. The Morgan fingerprint density at radius 1 is 1.08 bits per heavy atom. The molecule has 2 aromatic carbocycles. The summed E-state index contributed by atoms with van der Waals surface area (Å²) in [5.41, 5.74) is 1.21. The van der Waals surface area contributed by atoms with Gasteiger partial charge in [-0.2, -0.15) is 4.31 Å². The van der Waals surface area contributed by atoms with Crippen molar-refractivity contribution in [2.75, 3.05) is 32.0 Å². The van der Waals surface area contributed by atoms with Crippen molar-refractivity contribution in [2.45, 2.75) is 43.2 Å². The maximum atomic E-state index is 14.4. The second-order valence-corrected chi connectivity index (χ2v) is 12.5. The lowest BCUT2D eigenvalue weighted by atomic mass is 10.1. The Morgan fingerprint density at radius 3 is 2.53 bits per heavy atom. The second-order valence-electron chi connectivity index (χ2n) is 9.47. The average Bonchev–Trinajstić information content (AvgIpc) is 3.30. The zero-order chi connectivity index (χ0) is 26.9. The van der Waals surface area contributed by atoms with Crippen LogP contribution < -0.4 is 10.1 Å². The number of rotatable bonds is 7. The highest BCUT2D eigenvalue weighted by atomic mass is 32.2. The lowest BCUT2D eigenvalue weighted by Gasteiger charge is -2.26. The van der Waals surface area contributed by atoms with Crippen LogP contribution in [0.1, 0.15) is 41.5 Å². The molecular formula is C26H28F2N4O4S2. The molecular weight excluding hydrogens is 534 g/mol. The van der Waals surface area contributed by atoms with Crippen molar-refractivity contribution >= 4 is 32.4 Å². The van der Waals surface area contributed by atoms with Gasteiger partial charge in [-0.05, 0) is 50.6 Å². The normalized spacial score (nSPS) is 17.6. The molecule has 2 aliphatic heterocycles. The van der Waals surface area contributed by atoms with Crippen molar-refractivity contribution in [2.24, 2.45) is 0 Å². The topological polar surface area (TPSA) is 91.8 Å². The SMILES string of the molecule is CN1CCc2sc(NC(=O)C(Oc3ccc(F)cc3F)c3ccc(S(=O)(=O)N4CCCCC4)cc3)nc2C1. The number of sulfonamides is 1. The van der Waals surface area contributed by atoms with E-state index in [1.807, 2.05) is 7.05 Å². The van der Waals surface area contributed by atoms with Gasteiger partial charge in [0.25, 0.3) is 5.91 Å². The number of amides is 1. The van der Waals surface area contributed by atoms with Crippen molar-refractivity contribution in [1.29, 1.82) is 0 Å². The number of aromatic nitrogens is 1. The summed E-state index contributed by atoms with van der Waals surface area (Å²) in [5, 5.41) is 3.16. The lowest BCUT2D eigenvalue weighted by Crippen LogP contribution is -2.35. The Bertz CT molecular complexity index is 1420. The van der Waals surface area contributed by atoms with Crippen LogP contribution in [0.15, 0.2) is 47.4 Å². The molecule has 0 aliphatic carbocycles. The Labute approximate surface area is 224 Å². The highest BCUT2D eigenvalue weighted by molar-refractivity contribution is 7.89. The summed E-state index contributed by atoms with van der Waals surface area (Å²) in [6, 6.07) is 8.60. The van der Waals surface area contributed by atoms with Gasteiger partial charge in [-0.15, -0.1) is 11.3 Å². The summed E-state index contributed by atoms with van der Waals surface area (Å²) in [7, 11) is -1.68. The van der Waals surface area contributed by atoms with Gasteiger partial charge < -0.3 is 9.64 Å². The van der Waals surface area contributed by atoms with Crippen molar-refractivity contribution in [3.05, 3.63) is 70.2 Å². The van der Waals surface area contributed by atoms with E-state index in [1.54, 1.807) is 0 Å². The third kappa shape index (κ3) is 5.73. The number of hydrogen-bond donors (Lipinski definition) is 1. The average molecular weight is 563 g/mol. The first-order valence-corrected chi connectivity index (χ1v) is 14.7. The smallest absolute Gasteiger partial charge is 0.271 e. The molecule has 3 heterocycles. The number of ether oxygens (including phenoxy) is 1. The number of halogens is 2. The van der Waals surface area contributed by atoms with Gasteiger partial charge in [-0.25, -0.2) is 22.2 Å². The van der Waals surface area contributed by atoms with Crippen molar-refractivity contribution < 1.29 is 26.7 Å². The summed E-state index contributed by atoms with van der Waals surface area (Å²) in [6.07, 6.45) is 2.11. The number of carbonyl (C=O) groups excluding carboxylic acids is 1. The van der Waals surface area contributed by atoms with Crippen LogP contribution in [0, 0.1) is 11.6 Å². The number of anilines is 1. The van der Waals surface area contributed by atoms with Crippen molar-refractivity contribution in [1.82, 2.24) is 14.2 Å². The zero-order valence-electron chi connectivity index (χ0n) is 20.8. The first-order chi connectivity index (χ1) is 18.2. The van der Waals surface area contributed by atoms with E-state index in [0.717, 1.165) is 54.9 Å². The predicted octanol–water partition coefficient (Wildman–Crippen LogP) is 4.34. The largest absolute Gasteiger partial charge is 0.473 e. The van der Waals surface area contributed by atoms with Gasteiger partial charge >= 0.3 is 0 Å². The first-order valence-electron chi connectivity index (χ1n) is 12.4. The Balaban J connectivity index is 1.42. The van der Waals surface area contributed by atoms with Gasteiger partial charge in [0.15, 0.2) is 16.7 Å². The van der Waals surface area contributed by atoms with Crippen LogP contribution in [0.25, 0.3) is 0 Å². The second kappa shape index (κ2) is 11.0. The van der Waals surface area contributed by atoms with E-state index in [4.69, 9.17) is 4.74 Å². The summed E-state index contributed by atoms with van der Waals surface area (Å²) in [5.74, 6) is -2.65. The Hall–Kier alpha value is -2.93. The van der Waals surface area contributed by atoms with Crippen LogP contribution in [0.5, 0.6) is 5.75 Å². The molecule has 1 fully saturated rings. The summed E-state index contributed by atoms with van der Waals surface area (Å²) < 4.78 is 61.2. The molecule has 38 heavy (non-hydrogen) atoms. The third-order valence-electron chi connectivity index (χ3n) is 6.66. The molecule has 1 atom stereocenters. The fourth-order valence-electron chi connectivity index (χ4n) is 4.59. The van der Waals surface area contributed by atoms with Crippen molar-refractivity contribution in [3.8, 4) is 5.75 Å². The van der Waals surface area contributed by atoms with Gasteiger partial charge in [0.1, 0.15) is 5.82 Å². The van der Waals surface area contributed by atoms with E-state index in [0.29, 0.717) is 36.4 Å². The quantitative estimate of drug-likeness (QED) is 0.461. The highest BCUT2D eigenvalue weighted by Gasteiger charge is 2.29. The molecule has 1 unspecified atom stereocenters. The molecule has 3 aromatic rings. The number of benzene rings is 2. The fraction of sp³-hybridized carbons (Fsp3) is 0.385. The Morgan fingerprint density at radius 2 is 1.82 bits per heavy atom. The van der Waals surface area contributed by atoms with Crippen LogP contribution in [0.4, 0.5) is 13.9 Å². The van der Waals surface area contributed by atoms with Crippen LogP contribution in [-0.4, -0.2) is 55.2 Å². The maximum Gasteiger partial charge on any atom is 0.271 e. The molecule has 1 amide bonds. The van der Waals surface area contributed by atoms with E-state index < -0.39 is 33.7 Å². The number of nitrogens with zero attached hydrogens (tertiary/aromatic N) is 3. The van der Waals surface area contributed by atoms with Gasteiger partial charge in [0.05, 0.1) is 10.6 Å². The van der Waals surface area contributed by atoms with E-state index >= 15 is 0 Å². The monoisotopic (exact) mass is 562 g/mol. The molecule has 1 aromatic heterocycles. The Kier molecular flexibility index (Phi) is 7.75. The fourth-order valence-corrected chi connectivity index (χ4v) is 7.07. The number of thiazole rings is 1. The molecule has 1 N–H and O–H groups in total. The van der Waals surface area contributed by atoms with Crippen molar-refractivity contribution in [3.63, 3.8) is 0 Å². The minimum atomic E-state index is -3.67. The number of carbonyl (C=O) groups is 1. The molecule has 0 radical (unpaired) electrons. The highest BCUT2D eigenvalue weighted by Crippen LogP contribution is 2.31. The number of likely N-dealkylation sites (N-methyl/N-ethyl adjacent to an activating group) is 1. The molecule has 2 aliphatic rings. The number of fused-ring (bicyclic) bond motifs is 1. The molecule has 0 spiro atoms. The van der Waals surface area contributed by atoms with Gasteiger partial charge in [0, 0.05) is 42.7 Å². The summed E-state index contributed by atoms with van der Waals surface area (Å²) >= 11 is 1.38. The molecule has 5 rings (SSSR count). The molecule has 0 saturated carbocycles. The van der Waals surface area contributed by atoms with Crippen LogP contribution >= 0.6 is 11.3 Å². The molecule has 1 saturated heterocycles. The summed E-state index contributed by atoms with van der Waals surface area (Å²) in [4.78, 5) is 21.3. The van der Waals surface area contributed by atoms with E-state index in [2.05, 4.69) is 15.2 Å². The van der Waals surface area contributed by atoms with Gasteiger partial charge in [-0.1, -0.05) is 18.6 Å². The molecule has 8 nitrogen and oxygen atoms in total.